The van der Waals surface area contributed by atoms with Gasteiger partial charge in [-0.2, -0.15) is 0 Å². The van der Waals surface area contributed by atoms with E-state index in [1.807, 2.05) is 13.8 Å². The Hall–Kier alpha value is -0.690. The number of likely N-dealkylation sites (N-methyl/N-ethyl adjacent to an activating group) is 1. The number of hydrogen-bond donors (Lipinski definition) is 2. The van der Waals surface area contributed by atoms with Crippen LogP contribution in [0.4, 0.5) is 0 Å². The highest BCUT2D eigenvalue weighted by molar-refractivity contribution is 5.78. The van der Waals surface area contributed by atoms with Gasteiger partial charge in [0, 0.05) is 26.9 Å². The van der Waals surface area contributed by atoms with Crippen molar-refractivity contribution in [1.29, 1.82) is 0 Å². The monoisotopic (exact) mass is 305 g/mol. The molecular weight excluding hydrogens is 274 g/mol. The SMILES string of the molecule is CCNC(CC)(CCCOCCOCCCOC)C(=O)O. The van der Waals surface area contributed by atoms with E-state index in [1.54, 1.807) is 7.11 Å². The summed E-state index contributed by atoms with van der Waals surface area (Å²) in [5.41, 5.74) is -0.825. The van der Waals surface area contributed by atoms with E-state index in [0.717, 1.165) is 12.8 Å². The maximum Gasteiger partial charge on any atom is 0.323 e. The number of carboxylic acid groups (broad SMARTS) is 1. The van der Waals surface area contributed by atoms with Crippen LogP contribution >= 0.6 is 0 Å². The third-order valence-electron chi connectivity index (χ3n) is 3.43. The number of ether oxygens (including phenoxy) is 3. The Morgan fingerprint density at radius 2 is 1.67 bits per heavy atom. The molecule has 0 fully saturated rings. The van der Waals surface area contributed by atoms with Crippen molar-refractivity contribution < 1.29 is 24.1 Å². The van der Waals surface area contributed by atoms with Crippen molar-refractivity contribution in [2.45, 2.75) is 45.1 Å². The van der Waals surface area contributed by atoms with Gasteiger partial charge in [0.25, 0.3) is 0 Å². The van der Waals surface area contributed by atoms with Crippen LogP contribution in [0.15, 0.2) is 0 Å². The van der Waals surface area contributed by atoms with Crippen molar-refractivity contribution in [2.75, 3.05) is 46.7 Å². The predicted molar refractivity (Wildman–Crippen MR) is 81.7 cm³/mol. The molecule has 0 aromatic carbocycles. The first-order valence-corrected chi connectivity index (χ1v) is 7.75. The summed E-state index contributed by atoms with van der Waals surface area (Å²) in [6.45, 7) is 7.51. The molecule has 0 saturated heterocycles. The van der Waals surface area contributed by atoms with Crippen LogP contribution in [0.3, 0.4) is 0 Å². The first-order chi connectivity index (χ1) is 10.1. The molecule has 0 rings (SSSR count). The molecule has 0 aromatic rings. The molecule has 0 aliphatic carbocycles. The Balaban J connectivity index is 3.65. The molecule has 21 heavy (non-hydrogen) atoms. The number of hydrogen-bond acceptors (Lipinski definition) is 5. The van der Waals surface area contributed by atoms with Gasteiger partial charge < -0.3 is 24.6 Å². The number of rotatable bonds is 15. The summed E-state index contributed by atoms with van der Waals surface area (Å²) >= 11 is 0. The molecule has 1 atom stereocenters. The third kappa shape index (κ3) is 9.03. The zero-order valence-corrected chi connectivity index (χ0v) is 13.7. The molecule has 0 aliphatic heterocycles. The molecule has 2 N–H and O–H groups in total. The van der Waals surface area contributed by atoms with Gasteiger partial charge in [-0.05, 0) is 32.2 Å². The van der Waals surface area contributed by atoms with E-state index in [0.29, 0.717) is 52.4 Å². The van der Waals surface area contributed by atoms with Crippen LogP contribution in [0.5, 0.6) is 0 Å². The second kappa shape index (κ2) is 13.0. The van der Waals surface area contributed by atoms with E-state index in [1.165, 1.54) is 0 Å². The molecule has 6 nitrogen and oxygen atoms in total. The van der Waals surface area contributed by atoms with Gasteiger partial charge in [-0.25, -0.2) is 0 Å². The Labute approximate surface area is 128 Å². The largest absolute Gasteiger partial charge is 0.480 e. The van der Waals surface area contributed by atoms with E-state index in [2.05, 4.69) is 5.32 Å². The fourth-order valence-corrected chi connectivity index (χ4v) is 2.17. The molecule has 0 saturated carbocycles. The minimum Gasteiger partial charge on any atom is -0.480 e. The van der Waals surface area contributed by atoms with Crippen LogP contribution in [0, 0.1) is 0 Å². The van der Waals surface area contributed by atoms with Gasteiger partial charge in [-0.3, -0.25) is 4.79 Å². The Morgan fingerprint density at radius 3 is 2.14 bits per heavy atom. The Bertz CT molecular complexity index is 262. The highest BCUT2D eigenvalue weighted by atomic mass is 16.5. The average Bonchev–Trinajstić information content (AvgIpc) is 2.47. The van der Waals surface area contributed by atoms with Crippen LogP contribution < -0.4 is 5.32 Å². The summed E-state index contributed by atoms with van der Waals surface area (Å²) in [5, 5.41) is 12.4. The molecule has 0 aliphatic rings. The van der Waals surface area contributed by atoms with Crippen molar-refractivity contribution in [3.8, 4) is 0 Å². The molecule has 0 spiro atoms. The first-order valence-electron chi connectivity index (χ1n) is 7.75. The van der Waals surface area contributed by atoms with E-state index < -0.39 is 11.5 Å². The minimum absolute atomic E-state index is 0.542. The molecule has 6 heteroatoms. The molecule has 0 radical (unpaired) electrons. The summed E-state index contributed by atoms with van der Waals surface area (Å²) in [4.78, 5) is 11.4. The number of carboxylic acids is 1. The highest BCUT2D eigenvalue weighted by Crippen LogP contribution is 2.18. The second-order valence-electron chi connectivity index (χ2n) is 4.95. The van der Waals surface area contributed by atoms with Gasteiger partial charge in [0.1, 0.15) is 5.54 Å². The Kier molecular flexibility index (Phi) is 12.6. The topological polar surface area (TPSA) is 77.0 Å². The fourth-order valence-electron chi connectivity index (χ4n) is 2.17. The number of methoxy groups -OCH3 is 1. The van der Waals surface area contributed by atoms with Gasteiger partial charge >= 0.3 is 5.97 Å². The normalized spacial score (nSPS) is 14.0. The molecule has 0 heterocycles. The quantitative estimate of drug-likeness (QED) is 0.448. The maximum atomic E-state index is 11.4. The van der Waals surface area contributed by atoms with Crippen molar-refractivity contribution in [3.05, 3.63) is 0 Å². The molecule has 0 bridgehead atoms. The van der Waals surface area contributed by atoms with Gasteiger partial charge in [0.2, 0.25) is 0 Å². The van der Waals surface area contributed by atoms with Gasteiger partial charge in [-0.1, -0.05) is 13.8 Å². The molecule has 0 aromatic heterocycles. The van der Waals surface area contributed by atoms with Crippen LogP contribution in [-0.2, 0) is 19.0 Å². The highest BCUT2D eigenvalue weighted by Gasteiger charge is 2.34. The summed E-state index contributed by atoms with van der Waals surface area (Å²) in [6, 6.07) is 0. The molecule has 0 amide bonds. The summed E-state index contributed by atoms with van der Waals surface area (Å²) in [7, 11) is 1.67. The maximum absolute atomic E-state index is 11.4. The molecule has 126 valence electrons. The first kappa shape index (κ1) is 20.3. The van der Waals surface area contributed by atoms with Gasteiger partial charge in [0.05, 0.1) is 13.2 Å². The molecular formula is C15H31NO5. The predicted octanol–water partition coefficient (Wildman–Crippen LogP) is 1.68. The zero-order valence-electron chi connectivity index (χ0n) is 13.7. The van der Waals surface area contributed by atoms with Crippen LogP contribution in [0.2, 0.25) is 0 Å². The Morgan fingerprint density at radius 1 is 1.05 bits per heavy atom. The lowest BCUT2D eigenvalue weighted by Gasteiger charge is -2.29. The summed E-state index contributed by atoms with van der Waals surface area (Å²) in [6.07, 6.45) is 2.74. The van der Waals surface area contributed by atoms with Crippen molar-refractivity contribution in [3.63, 3.8) is 0 Å². The van der Waals surface area contributed by atoms with Crippen LogP contribution in [-0.4, -0.2) is 63.3 Å². The smallest absolute Gasteiger partial charge is 0.323 e. The van der Waals surface area contributed by atoms with Gasteiger partial charge in [0.15, 0.2) is 0 Å². The zero-order chi connectivity index (χ0) is 16.0. The summed E-state index contributed by atoms with van der Waals surface area (Å²) < 4.78 is 15.7. The number of carbonyl (C=O) groups is 1. The second-order valence-corrected chi connectivity index (χ2v) is 4.95. The van der Waals surface area contributed by atoms with E-state index in [9.17, 15) is 9.90 Å². The lowest BCUT2D eigenvalue weighted by molar-refractivity contribution is -0.145. The van der Waals surface area contributed by atoms with Crippen molar-refractivity contribution >= 4 is 5.97 Å². The number of nitrogens with one attached hydrogen (secondary N) is 1. The minimum atomic E-state index is -0.825. The van der Waals surface area contributed by atoms with E-state index >= 15 is 0 Å². The van der Waals surface area contributed by atoms with Gasteiger partial charge in [-0.15, -0.1) is 0 Å². The molecule has 1 unspecified atom stereocenters. The lowest BCUT2D eigenvalue weighted by atomic mass is 9.90. The van der Waals surface area contributed by atoms with Crippen molar-refractivity contribution in [2.24, 2.45) is 0 Å². The fraction of sp³-hybridized carbons (Fsp3) is 0.933. The third-order valence-corrected chi connectivity index (χ3v) is 3.43. The van der Waals surface area contributed by atoms with Crippen molar-refractivity contribution in [1.82, 2.24) is 5.32 Å². The van der Waals surface area contributed by atoms with Crippen LogP contribution in [0.25, 0.3) is 0 Å². The summed E-state index contributed by atoms with van der Waals surface area (Å²) in [5.74, 6) is -0.784. The average molecular weight is 305 g/mol. The standard InChI is InChI=1S/C15H31NO5/c1-4-15(14(17)18,16-5-2)8-6-10-20-12-13-21-11-7-9-19-3/h16H,4-13H2,1-3H3,(H,17,18). The van der Waals surface area contributed by atoms with Crippen LogP contribution in [0.1, 0.15) is 39.5 Å². The van der Waals surface area contributed by atoms with E-state index in [4.69, 9.17) is 14.2 Å². The lowest BCUT2D eigenvalue weighted by Crippen LogP contribution is -2.51. The number of aliphatic carboxylic acids is 1. The van der Waals surface area contributed by atoms with E-state index in [-0.39, 0.29) is 0 Å².